The zero-order valence-corrected chi connectivity index (χ0v) is 13.5. The molecule has 118 valence electrons. The molecule has 0 saturated carbocycles. The normalized spacial score (nSPS) is 18.1. The van der Waals surface area contributed by atoms with Crippen LogP contribution in [-0.4, -0.2) is 16.9 Å². The molecule has 1 aromatic carbocycles. The van der Waals surface area contributed by atoms with Crippen LogP contribution in [0.25, 0.3) is 5.57 Å². The summed E-state index contributed by atoms with van der Waals surface area (Å²) in [5, 5.41) is 3.09. The topological polar surface area (TPSA) is 62.0 Å². The first-order valence-corrected chi connectivity index (χ1v) is 7.88. The van der Waals surface area contributed by atoms with Crippen LogP contribution in [0.15, 0.2) is 47.3 Å². The van der Waals surface area contributed by atoms with E-state index in [0.717, 1.165) is 23.1 Å². The van der Waals surface area contributed by atoms with Crippen LogP contribution < -0.4 is 10.9 Å². The van der Waals surface area contributed by atoms with Gasteiger partial charge in [-0.1, -0.05) is 47.5 Å². The number of pyridine rings is 1. The maximum atomic E-state index is 11.8. The van der Waals surface area contributed by atoms with Crippen molar-refractivity contribution in [3.05, 3.63) is 74.7 Å². The number of aryl methyl sites for hydroxylation is 1. The van der Waals surface area contributed by atoms with Gasteiger partial charge >= 0.3 is 0 Å². The average molecular weight is 329 g/mol. The van der Waals surface area contributed by atoms with Crippen molar-refractivity contribution >= 4 is 23.1 Å². The summed E-state index contributed by atoms with van der Waals surface area (Å²) in [4.78, 5) is 26.1. The lowest BCUT2D eigenvalue weighted by molar-refractivity contribution is -0.119. The number of aromatic amines is 1. The predicted molar refractivity (Wildman–Crippen MR) is 91.5 cm³/mol. The van der Waals surface area contributed by atoms with Gasteiger partial charge in [0.2, 0.25) is 5.91 Å². The third kappa shape index (κ3) is 3.54. The number of halogens is 1. The van der Waals surface area contributed by atoms with E-state index in [1.807, 2.05) is 37.3 Å². The standard InChI is InChI=1S/C18H17ClN2O2/c1-11-2-4-12(5-3-11)14(10-13-6-9-17(22)20-13)16-8-7-15(19)18(23)21-16/h2-5,7-8,10,13H,6,9H2,1H3,(H,20,22)(H,21,23)/b14-10+/t13-/m1/s1. The summed E-state index contributed by atoms with van der Waals surface area (Å²) in [5.41, 5.74) is 3.38. The summed E-state index contributed by atoms with van der Waals surface area (Å²) in [5.74, 6) is 0.0547. The molecule has 1 atom stereocenters. The summed E-state index contributed by atoms with van der Waals surface area (Å²) < 4.78 is 0. The highest BCUT2D eigenvalue weighted by Crippen LogP contribution is 2.24. The first kappa shape index (κ1) is 15.6. The number of aromatic nitrogens is 1. The summed E-state index contributed by atoms with van der Waals surface area (Å²) >= 11 is 5.82. The molecule has 23 heavy (non-hydrogen) atoms. The number of rotatable bonds is 3. The zero-order valence-electron chi connectivity index (χ0n) is 12.7. The number of benzene rings is 1. The molecule has 1 saturated heterocycles. The highest BCUT2D eigenvalue weighted by Gasteiger charge is 2.20. The largest absolute Gasteiger partial charge is 0.350 e. The Bertz CT molecular complexity index is 822. The molecule has 1 aliphatic rings. The number of carbonyl (C=O) groups is 1. The molecule has 2 aromatic rings. The van der Waals surface area contributed by atoms with E-state index in [4.69, 9.17) is 11.6 Å². The molecule has 1 fully saturated rings. The number of amides is 1. The van der Waals surface area contributed by atoms with Crippen LogP contribution >= 0.6 is 11.6 Å². The van der Waals surface area contributed by atoms with Gasteiger partial charge in [-0.05, 0) is 31.0 Å². The Morgan fingerprint density at radius 2 is 1.91 bits per heavy atom. The monoisotopic (exact) mass is 328 g/mol. The smallest absolute Gasteiger partial charge is 0.267 e. The molecule has 0 unspecified atom stereocenters. The third-order valence-electron chi connectivity index (χ3n) is 3.91. The summed E-state index contributed by atoms with van der Waals surface area (Å²) in [7, 11) is 0. The van der Waals surface area contributed by atoms with E-state index < -0.39 is 0 Å². The van der Waals surface area contributed by atoms with Gasteiger partial charge in [0.05, 0.1) is 0 Å². The van der Waals surface area contributed by atoms with Crippen molar-refractivity contribution in [3.8, 4) is 0 Å². The fraction of sp³-hybridized carbons (Fsp3) is 0.222. The highest BCUT2D eigenvalue weighted by molar-refractivity contribution is 6.30. The minimum absolute atomic E-state index is 0.0296. The average Bonchev–Trinajstić information content (AvgIpc) is 2.94. The second kappa shape index (κ2) is 6.42. The maximum absolute atomic E-state index is 11.8. The molecule has 5 heteroatoms. The fourth-order valence-corrected chi connectivity index (χ4v) is 2.76. The second-order valence-corrected chi connectivity index (χ2v) is 6.12. The van der Waals surface area contributed by atoms with Gasteiger partial charge in [0.1, 0.15) is 5.02 Å². The number of hydrogen-bond donors (Lipinski definition) is 2. The molecule has 1 aromatic heterocycles. The Labute approximate surface area is 139 Å². The van der Waals surface area contributed by atoms with Crippen LogP contribution in [0.2, 0.25) is 5.02 Å². The lowest BCUT2D eigenvalue weighted by atomic mass is 9.98. The molecule has 1 aliphatic heterocycles. The van der Waals surface area contributed by atoms with Gasteiger partial charge in [-0.3, -0.25) is 9.59 Å². The van der Waals surface area contributed by atoms with Gasteiger partial charge in [-0.25, -0.2) is 0 Å². The molecule has 0 spiro atoms. The lowest BCUT2D eigenvalue weighted by Crippen LogP contribution is -2.23. The van der Waals surface area contributed by atoms with Crippen molar-refractivity contribution in [1.29, 1.82) is 0 Å². The van der Waals surface area contributed by atoms with Crippen LogP contribution in [0.4, 0.5) is 0 Å². The van der Waals surface area contributed by atoms with E-state index in [1.165, 1.54) is 0 Å². The molecule has 3 rings (SSSR count). The van der Waals surface area contributed by atoms with Gasteiger partial charge in [0.15, 0.2) is 0 Å². The lowest BCUT2D eigenvalue weighted by Gasteiger charge is -2.12. The van der Waals surface area contributed by atoms with Gasteiger partial charge in [0, 0.05) is 23.7 Å². The summed E-state index contributed by atoms with van der Waals surface area (Å²) in [6.07, 6.45) is 3.28. The first-order valence-electron chi connectivity index (χ1n) is 7.50. The van der Waals surface area contributed by atoms with Gasteiger partial charge in [-0.2, -0.15) is 0 Å². The summed E-state index contributed by atoms with van der Waals surface area (Å²) in [6, 6.07) is 11.4. The van der Waals surface area contributed by atoms with Crippen molar-refractivity contribution in [3.63, 3.8) is 0 Å². The molecule has 0 bridgehead atoms. The number of nitrogens with one attached hydrogen (secondary N) is 2. The maximum Gasteiger partial charge on any atom is 0.267 e. The molecule has 4 nitrogen and oxygen atoms in total. The Hall–Kier alpha value is -2.33. The van der Waals surface area contributed by atoms with Gasteiger partial charge in [-0.15, -0.1) is 0 Å². The summed E-state index contributed by atoms with van der Waals surface area (Å²) in [6.45, 7) is 2.02. The van der Waals surface area contributed by atoms with Crippen molar-refractivity contribution in [2.75, 3.05) is 0 Å². The number of hydrogen-bond acceptors (Lipinski definition) is 2. The molecule has 2 N–H and O–H groups in total. The molecule has 0 radical (unpaired) electrons. The van der Waals surface area contributed by atoms with Crippen LogP contribution in [0, 0.1) is 6.92 Å². The Morgan fingerprint density at radius 3 is 2.52 bits per heavy atom. The molecule has 0 aliphatic carbocycles. The van der Waals surface area contributed by atoms with E-state index in [1.54, 1.807) is 12.1 Å². The number of H-pyrrole nitrogens is 1. The minimum atomic E-state index is -0.322. The van der Waals surface area contributed by atoms with E-state index in [2.05, 4.69) is 10.3 Å². The minimum Gasteiger partial charge on any atom is -0.350 e. The van der Waals surface area contributed by atoms with Crippen LogP contribution in [0.5, 0.6) is 0 Å². The fourth-order valence-electron chi connectivity index (χ4n) is 2.65. The van der Waals surface area contributed by atoms with Gasteiger partial charge in [0.25, 0.3) is 5.56 Å². The quantitative estimate of drug-likeness (QED) is 0.909. The number of carbonyl (C=O) groups excluding carboxylic acids is 1. The van der Waals surface area contributed by atoms with Gasteiger partial charge < -0.3 is 10.3 Å². The second-order valence-electron chi connectivity index (χ2n) is 5.71. The Kier molecular flexibility index (Phi) is 4.35. The Morgan fingerprint density at radius 1 is 1.17 bits per heavy atom. The van der Waals surface area contributed by atoms with E-state index in [9.17, 15) is 9.59 Å². The molecular formula is C18H17ClN2O2. The van der Waals surface area contributed by atoms with Crippen molar-refractivity contribution in [1.82, 2.24) is 10.3 Å². The van der Waals surface area contributed by atoms with Crippen molar-refractivity contribution in [2.24, 2.45) is 0 Å². The predicted octanol–water partition coefficient (Wildman–Crippen LogP) is 3.05. The van der Waals surface area contributed by atoms with Crippen LogP contribution in [0.3, 0.4) is 0 Å². The van der Waals surface area contributed by atoms with Crippen molar-refractivity contribution < 1.29 is 4.79 Å². The molecule has 1 amide bonds. The first-order chi connectivity index (χ1) is 11.0. The third-order valence-corrected chi connectivity index (χ3v) is 4.21. The van der Waals surface area contributed by atoms with Crippen LogP contribution in [0.1, 0.15) is 29.7 Å². The highest BCUT2D eigenvalue weighted by atomic mass is 35.5. The molecule has 2 heterocycles. The molecular weight excluding hydrogens is 312 g/mol. The Balaban J connectivity index is 2.07. The van der Waals surface area contributed by atoms with E-state index in [0.29, 0.717) is 12.1 Å². The van der Waals surface area contributed by atoms with E-state index in [-0.39, 0.29) is 22.5 Å². The van der Waals surface area contributed by atoms with Crippen molar-refractivity contribution in [2.45, 2.75) is 25.8 Å². The van der Waals surface area contributed by atoms with E-state index >= 15 is 0 Å². The SMILES string of the molecule is Cc1ccc(/C(=C\[C@H]2CCC(=O)N2)c2ccc(Cl)c(=O)[nH]2)cc1. The zero-order chi connectivity index (χ0) is 16.4. The van der Waals surface area contributed by atoms with Crippen LogP contribution in [-0.2, 0) is 4.79 Å².